The number of hydrogen-bond acceptors (Lipinski definition) is 3. The average Bonchev–Trinajstić information content (AvgIpc) is 2.67. The Morgan fingerprint density at radius 1 is 1.77 bits per heavy atom. The van der Waals surface area contributed by atoms with Crippen molar-refractivity contribution in [3.05, 3.63) is 22.4 Å². The zero-order chi connectivity index (χ0) is 9.84. The van der Waals surface area contributed by atoms with Gasteiger partial charge in [-0.3, -0.25) is 4.79 Å². The van der Waals surface area contributed by atoms with Crippen molar-refractivity contribution in [2.45, 2.75) is 13.0 Å². The SMILES string of the molecule is CC(CO)N(C)C(=O)c1ccsc1. The largest absolute Gasteiger partial charge is 0.394 e. The van der Waals surface area contributed by atoms with E-state index in [1.807, 2.05) is 17.7 Å². The minimum Gasteiger partial charge on any atom is -0.394 e. The lowest BCUT2D eigenvalue weighted by atomic mass is 10.2. The summed E-state index contributed by atoms with van der Waals surface area (Å²) in [6.45, 7) is 1.80. The van der Waals surface area contributed by atoms with Gasteiger partial charge in [0, 0.05) is 12.4 Å². The number of carbonyl (C=O) groups excluding carboxylic acids is 1. The molecule has 4 heteroatoms. The van der Waals surface area contributed by atoms with Crippen LogP contribution >= 0.6 is 11.3 Å². The van der Waals surface area contributed by atoms with Gasteiger partial charge in [-0.25, -0.2) is 0 Å². The fraction of sp³-hybridized carbons (Fsp3) is 0.444. The van der Waals surface area contributed by atoms with E-state index < -0.39 is 0 Å². The van der Waals surface area contributed by atoms with E-state index in [0.29, 0.717) is 5.56 Å². The lowest BCUT2D eigenvalue weighted by Crippen LogP contribution is -2.37. The van der Waals surface area contributed by atoms with Crippen molar-refractivity contribution >= 4 is 17.2 Å². The van der Waals surface area contributed by atoms with Gasteiger partial charge < -0.3 is 10.0 Å². The molecule has 1 amide bonds. The smallest absolute Gasteiger partial charge is 0.254 e. The van der Waals surface area contributed by atoms with E-state index in [2.05, 4.69) is 0 Å². The van der Waals surface area contributed by atoms with Crippen LogP contribution in [0.15, 0.2) is 16.8 Å². The summed E-state index contributed by atoms with van der Waals surface area (Å²) in [6, 6.07) is 1.65. The summed E-state index contributed by atoms with van der Waals surface area (Å²) in [7, 11) is 1.70. The van der Waals surface area contributed by atoms with Crippen molar-refractivity contribution < 1.29 is 9.90 Å². The molecule has 0 aliphatic heterocycles. The maximum Gasteiger partial charge on any atom is 0.254 e. The zero-order valence-electron chi connectivity index (χ0n) is 7.73. The van der Waals surface area contributed by atoms with Gasteiger partial charge >= 0.3 is 0 Å². The Balaban J connectivity index is 2.68. The van der Waals surface area contributed by atoms with E-state index in [1.54, 1.807) is 18.0 Å². The van der Waals surface area contributed by atoms with Gasteiger partial charge in [-0.05, 0) is 18.4 Å². The Kier molecular flexibility index (Phi) is 3.45. The van der Waals surface area contributed by atoms with Crippen LogP contribution in [0.4, 0.5) is 0 Å². The molecule has 72 valence electrons. The highest BCUT2D eigenvalue weighted by Crippen LogP contribution is 2.10. The fourth-order valence-electron chi connectivity index (χ4n) is 0.912. The number of thiophene rings is 1. The molecule has 1 rings (SSSR count). The lowest BCUT2D eigenvalue weighted by Gasteiger charge is -2.22. The molecule has 0 aromatic carbocycles. The summed E-state index contributed by atoms with van der Waals surface area (Å²) < 4.78 is 0. The number of aliphatic hydroxyl groups is 1. The van der Waals surface area contributed by atoms with Crippen LogP contribution in [0.3, 0.4) is 0 Å². The van der Waals surface area contributed by atoms with E-state index in [9.17, 15) is 4.79 Å². The first-order chi connectivity index (χ1) is 6.16. The molecule has 1 atom stereocenters. The maximum absolute atomic E-state index is 11.6. The number of carbonyl (C=O) groups is 1. The van der Waals surface area contributed by atoms with Crippen molar-refractivity contribution in [1.29, 1.82) is 0 Å². The van der Waals surface area contributed by atoms with E-state index in [-0.39, 0.29) is 18.6 Å². The van der Waals surface area contributed by atoms with Crippen molar-refractivity contribution in [3.63, 3.8) is 0 Å². The van der Waals surface area contributed by atoms with E-state index in [4.69, 9.17) is 5.11 Å². The van der Waals surface area contributed by atoms with Crippen molar-refractivity contribution in [3.8, 4) is 0 Å². The van der Waals surface area contributed by atoms with Crippen LogP contribution < -0.4 is 0 Å². The van der Waals surface area contributed by atoms with Crippen LogP contribution in [0, 0.1) is 0 Å². The lowest BCUT2D eigenvalue weighted by molar-refractivity contribution is 0.0683. The monoisotopic (exact) mass is 199 g/mol. The number of amides is 1. The second kappa shape index (κ2) is 4.39. The van der Waals surface area contributed by atoms with Crippen LogP contribution in [0.25, 0.3) is 0 Å². The van der Waals surface area contributed by atoms with Crippen LogP contribution in [0.2, 0.25) is 0 Å². The second-order valence-electron chi connectivity index (χ2n) is 2.96. The summed E-state index contributed by atoms with van der Waals surface area (Å²) in [6.07, 6.45) is 0. The predicted molar refractivity (Wildman–Crippen MR) is 53.0 cm³/mol. The molecule has 1 heterocycles. The van der Waals surface area contributed by atoms with Gasteiger partial charge in [-0.1, -0.05) is 0 Å². The molecular formula is C9H13NO2S. The van der Waals surface area contributed by atoms with Gasteiger partial charge in [0.25, 0.3) is 5.91 Å². The highest BCUT2D eigenvalue weighted by atomic mass is 32.1. The van der Waals surface area contributed by atoms with Crippen LogP contribution in [-0.2, 0) is 0 Å². The summed E-state index contributed by atoms with van der Waals surface area (Å²) in [5.74, 6) is -0.0391. The zero-order valence-corrected chi connectivity index (χ0v) is 8.54. The molecule has 0 fully saturated rings. The molecule has 0 aliphatic carbocycles. The molecule has 0 aliphatic rings. The summed E-state index contributed by atoms with van der Waals surface area (Å²) in [5, 5.41) is 12.5. The third kappa shape index (κ3) is 2.29. The standard InChI is InChI=1S/C9H13NO2S/c1-7(5-11)10(2)9(12)8-3-4-13-6-8/h3-4,6-7,11H,5H2,1-2H3. The minimum absolute atomic E-state index is 0.00756. The van der Waals surface area contributed by atoms with E-state index in [0.717, 1.165) is 0 Å². The number of aliphatic hydroxyl groups excluding tert-OH is 1. The fourth-order valence-corrected chi connectivity index (χ4v) is 1.54. The Morgan fingerprint density at radius 3 is 2.92 bits per heavy atom. The van der Waals surface area contributed by atoms with Gasteiger partial charge in [0.2, 0.25) is 0 Å². The Bertz CT molecular complexity index is 271. The number of rotatable bonds is 3. The Morgan fingerprint density at radius 2 is 2.46 bits per heavy atom. The minimum atomic E-state index is -0.132. The molecule has 1 aromatic heterocycles. The van der Waals surface area contributed by atoms with Gasteiger partial charge in [-0.15, -0.1) is 0 Å². The van der Waals surface area contributed by atoms with Gasteiger partial charge in [0.1, 0.15) is 0 Å². The first-order valence-electron chi connectivity index (χ1n) is 4.07. The first-order valence-corrected chi connectivity index (χ1v) is 5.01. The van der Waals surface area contributed by atoms with Crippen LogP contribution in [-0.4, -0.2) is 35.6 Å². The maximum atomic E-state index is 11.6. The molecule has 1 unspecified atom stereocenters. The Labute approximate surface area is 81.6 Å². The first kappa shape index (κ1) is 10.2. The summed E-state index contributed by atoms with van der Waals surface area (Å²) in [5.41, 5.74) is 0.688. The van der Waals surface area contributed by atoms with Crippen LogP contribution in [0.1, 0.15) is 17.3 Å². The summed E-state index contributed by atoms with van der Waals surface area (Å²) in [4.78, 5) is 13.2. The number of likely N-dealkylation sites (N-methyl/N-ethyl adjacent to an activating group) is 1. The molecule has 0 saturated heterocycles. The molecular weight excluding hydrogens is 186 g/mol. The molecule has 0 radical (unpaired) electrons. The molecule has 13 heavy (non-hydrogen) atoms. The highest BCUT2D eigenvalue weighted by molar-refractivity contribution is 7.08. The predicted octanol–water partition coefficient (Wildman–Crippen LogP) is 1.20. The van der Waals surface area contributed by atoms with Crippen molar-refractivity contribution in [1.82, 2.24) is 4.90 Å². The third-order valence-corrected chi connectivity index (χ3v) is 2.70. The highest BCUT2D eigenvalue weighted by Gasteiger charge is 2.16. The molecule has 0 bridgehead atoms. The Hall–Kier alpha value is -0.870. The molecule has 1 N–H and O–H groups in total. The second-order valence-corrected chi connectivity index (χ2v) is 3.74. The van der Waals surface area contributed by atoms with Crippen molar-refractivity contribution in [2.75, 3.05) is 13.7 Å². The van der Waals surface area contributed by atoms with Crippen molar-refractivity contribution in [2.24, 2.45) is 0 Å². The van der Waals surface area contributed by atoms with E-state index >= 15 is 0 Å². The van der Waals surface area contributed by atoms with Gasteiger partial charge in [0.15, 0.2) is 0 Å². The molecule has 0 spiro atoms. The van der Waals surface area contributed by atoms with E-state index in [1.165, 1.54) is 11.3 Å². The molecule has 3 nitrogen and oxygen atoms in total. The van der Waals surface area contributed by atoms with Gasteiger partial charge in [0.05, 0.1) is 18.2 Å². The molecule has 1 aromatic rings. The summed E-state index contributed by atoms with van der Waals surface area (Å²) >= 11 is 1.49. The molecule has 0 saturated carbocycles. The van der Waals surface area contributed by atoms with Crippen LogP contribution in [0.5, 0.6) is 0 Å². The third-order valence-electron chi connectivity index (χ3n) is 2.01. The average molecular weight is 199 g/mol. The quantitative estimate of drug-likeness (QED) is 0.794. The normalized spacial score (nSPS) is 12.5. The number of nitrogens with zero attached hydrogens (tertiary/aromatic N) is 1. The number of hydrogen-bond donors (Lipinski definition) is 1. The van der Waals surface area contributed by atoms with Gasteiger partial charge in [-0.2, -0.15) is 11.3 Å². The topological polar surface area (TPSA) is 40.5 Å².